The zero-order valence-electron chi connectivity index (χ0n) is 12.7. The van der Waals surface area contributed by atoms with Crippen molar-refractivity contribution in [3.05, 3.63) is 30.5 Å². The van der Waals surface area contributed by atoms with E-state index in [-0.39, 0.29) is 0 Å². The smallest absolute Gasteiger partial charge is 0.235 e. The van der Waals surface area contributed by atoms with E-state index in [1.54, 1.807) is 23.1 Å². The van der Waals surface area contributed by atoms with Gasteiger partial charge < -0.3 is 0 Å². The van der Waals surface area contributed by atoms with E-state index in [1.165, 1.54) is 11.3 Å². The zero-order chi connectivity index (χ0) is 15.8. The molecule has 0 unspecified atom stereocenters. The maximum atomic E-state index is 4.64. The molecule has 4 rings (SSSR count). The van der Waals surface area contributed by atoms with Gasteiger partial charge in [0.15, 0.2) is 5.01 Å². The quantitative estimate of drug-likeness (QED) is 0.571. The van der Waals surface area contributed by atoms with Gasteiger partial charge in [0, 0.05) is 25.1 Å². The minimum Gasteiger partial charge on any atom is -0.272 e. The summed E-state index contributed by atoms with van der Waals surface area (Å²) in [4.78, 5) is 9.06. The number of hydrogen-bond donors (Lipinski definition) is 0. The summed E-state index contributed by atoms with van der Waals surface area (Å²) >= 11 is 1.49. The van der Waals surface area contributed by atoms with Crippen LogP contribution in [-0.2, 0) is 6.54 Å². The van der Waals surface area contributed by atoms with Crippen LogP contribution in [0, 0.1) is 6.92 Å². The number of rotatable bonds is 4. The van der Waals surface area contributed by atoms with E-state index < -0.39 is 0 Å². The summed E-state index contributed by atoms with van der Waals surface area (Å²) < 4.78 is 3.66. The Morgan fingerprint density at radius 2 is 2.09 bits per heavy atom. The second-order valence-electron chi connectivity index (χ2n) is 5.11. The van der Waals surface area contributed by atoms with Crippen LogP contribution < -0.4 is 0 Å². The molecule has 4 aromatic heterocycles. The van der Waals surface area contributed by atoms with Crippen LogP contribution in [-0.4, -0.2) is 39.6 Å². The number of fused-ring (bicyclic) bond motifs is 1. The first-order valence-corrected chi connectivity index (χ1v) is 8.11. The fourth-order valence-electron chi connectivity index (χ4n) is 2.37. The molecule has 9 heteroatoms. The molecule has 0 N–H and O–H groups in total. The fraction of sp³-hybridized carbons (Fsp3) is 0.286. The third-order valence-corrected chi connectivity index (χ3v) is 4.34. The van der Waals surface area contributed by atoms with Crippen molar-refractivity contribution in [2.45, 2.75) is 26.8 Å². The lowest BCUT2D eigenvalue weighted by Crippen LogP contribution is -1.96. The topological polar surface area (TPSA) is 86.7 Å². The molecule has 0 amide bonds. The average Bonchev–Trinajstić information content (AvgIpc) is 3.22. The van der Waals surface area contributed by atoms with E-state index in [0.717, 1.165) is 34.2 Å². The molecule has 0 radical (unpaired) electrons. The first-order valence-electron chi connectivity index (χ1n) is 7.29. The molecule has 8 nitrogen and oxygen atoms in total. The lowest BCUT2D eigenvalue weighted by Gasteiger charge is -1.94. The molecule has 4 heterocycles. The number of aromatic nitrogens is 8. The molecule has 23 heavy (non-hydrogen) atoms. The molecule has 0 fully saturated rings. The average molecular weight is 326 g/mol. The highest BCUT2D eigenvalue weighted by atomic mass is 32.1. The van der Waals surface area contributed by atoms with E-state index in [4.69, 9.17) is 0 Å². The lowest BCUT2D eigenvalue weighted by atomic mass is 10.3. The van der Waals surface area contributed by atoms with Gasteiger partial charge in [-0.05, 0) is 13.3 Å². The third-order valence-electron chi connectivity index (χ3n) is 3.41. The SMILES string of the molecule is CCCn1cc(-c2nn3c(-c4cnccn4)nnc3s2)c(C)n1. The predicted molar refractivity (Wildman–Crippen MR) is 85.9 cm³/mol. The van der Waals surface area contributed by atoms with Crippen LogP contribution >= 0.6 is 11.3 Å². The van der Waals surface area contributed by atoms with Crippen molar-refractivity contribution in [3.8, 4) is 22.1 Å². The molecule has 0 aliphatic heterocycles. The minimum absolute atomic E-state index is 0.592. The van der Waals surface area contributed by atoms with Gasteiger partial charge in [0.2, 0.25) is 10.8 Å². The summed E-state index contributed by atoms with van der Waals surface area (Å²) in [5.41, 5.74) is 2.64. The van der Waals surface area contributed by atoms with Crippen molar-refractivity contribution in [2.75, 3.05) is 0 Å². The highest BCUT2D eigenvalue weighted by molar-refractivity contribution is 7.19. The first kappa shape index (κ1) is 13.9. The molecule has 0 spiro atoms. The van der Waals surface area contributed by atoms with Crippen molar-refractivity contribution >= 4 is 16.3 Å². The van der Waals surface area contributed by atoms with Crippen molar-refractivity contribution in [1.29, 1.82) is 0 Å². The predicted octanol–water partition coefficient (Wildman–Crippen LogP) is 2.22. The van der Waals surface area contributed by atoms with Crippen LogP contribution in [0.25, 0.3) is 27.1 Å². The maximum Gasteiger partial charge on any atom is 0.235 e. The fourth-order valence-corrected chi connectivity index (χ4v) is 3.27. The zero-order valence-corrected chi connectivity index (χ0v) is 13.5. The number of nitrogens with zero attached hydrogens (tertiary/aromatic N) is 8. The van der Waals surface area contributed by atoms with Gasteiger partial charge in [-0.1, -0.05) is 18.3 Å². The first-order chi connectivity index (χ1) is 11.3. The number of aryl methyl sites for hydroxylation is 2. The van der Waals surface area contributed by atoms with Crippen LogP contribution in [0.1, 0.15) is 19.0 Å². The minimum atomic E-state index is 0.592. The Bertz CT molecular complexity index is 952. The Morgan fingerprint density at radius 1 is 1.17 bits per heavy atom. The molecule has 0 saturated heterocycles. The standard InChI is InChI=1S/C14H14N8S/c1-3-6-21-8-10(9(2)19-21)13-20-22-12(17-18-14(22)23-13)11-7-15-4-5-16-11/h4-5,7-8H,3,6H2,1-2H3. The van der Waals surface area contributed by atoms with Gasteiger partial charge in [-0.3, -0.25) is 9.67 Å². The van der Waals surface area contributed by atoms with Gasteiger partial charge in [0.1, 0.15) is 5.69 Å². The van der Waals surface area contributed by atoms with Gasteiger partial charge >= 0.3 is 0 Å². The van der Waals surface area contributed by atoms with E-state index in [2.05, 4.69) is 37.3 Å². The largest absolute Gasteiger partial charge is 0.272 e. The van der Waals surface area contributed by atoms with Crippen molar-refractivity contribution in [3.63, 3.8) is 0 Å². The van der Waals surface area contributed by atoms with Crippen molar-refractivity contribution in [2.24, 2.45) is 0 Å². The summed E-state index contributed by atoms with van der Waals surface area (Å²) in [6.07, 6.45) is 7.98. The second kappa shape index (κ2) is 5.51. The molecule has 116 valence electrons. The summed E-state index contributed by atoms with van der Waals surface area (Å²) in [5.74, 6) is 0.592. The summed E-state index contributed by atoms with van der Waals surface area (Å²) in [6.45, 7) is 5.02. The van der Waals surface area contributed by atoms with Crippen molar-refractivity contribution < 1.29 is 0 Å². The Kier molecular flexibility index (Phi) is 3.34. The van der Waals surface area contributed by atoms with Crippen molar-refractivity contribution in [1.82, 2.24) is 39.6 Å². The molecule has 4 aromatic rings. The van der Waals surface area contributed by atoms with Crippen LogP contribution in [0.5, 0.6) is 0 Å². The van der Waals surface area contributed by atoms with E-state index >= 15 is 0 Å². The van der Waals surface area contributed by atoms with Gasteiger partial charge in [-0.2, -0.15) is 14.7 Å². The monoisotopic (exact) mass is 326 g/mol. The summed E-state index contributed by atoms with van der Waals surface area (Å²) in [7, 11) is 0. The van der Waals surface area contributed by atoms with Crippen LogP contribution in [0.3, 0.4) is 0 Å². The normalized spacial score (nSPS) is 11.4. The molecule has 0 bridgehead atoms. The summed E-state index contributed by atoms with van der Waals surface area (Å²) in [6, 6.07) is 0. The van der Waals surface area contributed by atoms with Gasteiger partial charge in [0.05, 0.1) is 17.5 Å². The molecule has 0 aromatic carbocycles. The molecular weight excluding hydrogens is 312 g/mol. The second-order valence-corrected chi connectivity index (χ2v) is 6.06. The van der Waals surface area contributed by atoms with E-state index in [1.807, 2.05) is 17.8 Å². The highest BCUT2D eigenvalue weighted by Crippen LogP contribution is 2.29. The Balaban J connectivity index is 1.80. The van der Waals surface area contributed by atoms with Crippen LogP contribution in [0.15, 0.2) is 24.8 Å². The maximum absolute atomic E-state index is 4.64. The van der Waals surface area contributed by atoms with Crippen LogP contribution in [0.4, 0.5) is 0 Å². The van der Waals surface area contributed by atoms with Gasteiger partial charge in [0.25, 0.3) is 0 Å². The van der Waals surface area contributed by atoms with Gasteiger partial charge in [-0.15, -0.1) is 10.2 Å². The van der Waals surface area contributed by atoms with E-state index in [0.29, 0.717) is 11.5 Å². The Hall–Kier alpha value is -2.68. The molecule has 0 saturated carbocycles. The molecule has 0 aliphatic carbocycles. The Morgan fingerprint density at radius 3 is 2.87 bits per heavy atom. The lowest BCUT2D eigenvalue weighted by molar-refractivity contribution is 0.598. The van der Waals surface area contributed by atoms with Gasteiger partial charge in [-0.25, -0.2) is 4.98 Å². The van der Waals surface area contributed by atoms with Crippen LogP contribution in [0.2, 0.25) is 0 Å². The molecule has 0 atom stereocenters. The highest BCUT2D eigenvalue weighted by Gasteiger charge is 2.17. The third kappa shape index (κ3) is 2.38. The number of hydrogen-bond acceptors (Lipinski definition) is 7. The molecule has 0 aliphatic rings. The van der Waals surface area contributed by atoms with E-state index in [9.17, 15) is 0 Å². The summed E-state index contributed by atoms with van der Waals surface area (Å²) in [5, 5.41) is 18.4. The molecular formula is C14H14N8S. The Labute approximate surface area is 135 Å².